The van der Waals surface area contributed by atoms with Crippen molar-refractivity contribution in [1.29, 1.82) is 0 Å². The number of rotatable bonds is 9. The summed E-state index contributed by atoms with van der Waals surface area (Å²) < 4.78 is 24.8. The van der Waals surface area contributed by atoms with Crippen LogP contribution in [0.5, 0.6) is 0 Å². The van der Waals surface area contributed by atoms with Crippen molar-refractivity contribution in [3.05, 3.63) is 145 Å². The van der Waals surface area contributed by atoms with Gasteiger partial charge in [-0.15, -0.1) is 0 Å². The predicted molar refractivity (Wildman–Crippen MR) is 194 cm³/mol. The van der Waals surface area contributed by atoms with Crippen molar-refractivity contribution in [2.24, 2.45) is 0 Å². The van der Waals surface area contributed by atoms with E-state index in [1.807, 2.05) is 84.9 Å². The minimum Gasteiger partial charge on any atom is -0.467 e. The summed E-state index contributed by atoms with van der Waals surface area (Å²) in [6.07, 6.45) is 2.79. The number of methoxy groups -OCH3 is 1. The Hall–Kier alpha value is -4.99. The van der Waals surface area contributed by atoms with Crippen LogP contribution < -0.4 is 10.4 Å². The average molecular weight is 690 g/mol. The van der Waals surface area contributed by atoms with Gasteiger partial charge < -0.3 is 18.6 Å². The van der Waals surface area contributed by atoms with Gasteiger partial charge in [-0.3, -0.25) is 4.90 Å². The first-order chi connectivity index (χ1) is 24.1. The van der Waals surface area contributed by atoms with Crippen LogP contribution in [0.1, 0.15) is 49.5 Å². The van der Waals surface area contributed by atoms with Gasteiger partial charge in [-0.1, -0.05) is 136 Å². The summed E-state index contributed by atoms with van der Waals surface area (Å²) in [4.78, 5) is 42.6. The lowest BCUT2D eigenvalue weighted by atomic mass is 9.84. The molecular weight excluding hydrogens is 647 g/mol. The Morgan fingerprint density at radius 3 is 1.88 bits per heavy atom. The van der Waals surface area contributed by atoms with Gasteiger partial charge in [0.15, 0.2) is 5.60 Å². The molecule has 0 bridgehead atoms. The normalized spacial score (nSPS) is 21.6. The lowest BCUT2D eigenvalue weighted by Crippen LogP contribution is -2.68. The van der Waals surface area contributed by atoms with E-state index in [0.29, 0.717) is 5.56 Å². The second kappa shape index (κ2) is 14.5. The van der Waals surface area contributed by atoms with Gasteiger partial charge in [0.1, 0.15) is 12.6 Å². The third-order valence-electron chi connectivity index (χ3n) is 9.72. The maximum atomic E-state index is 14.1. The molecule has 4 aromatic rings. The Balaban J connectivity index is 1.43. The molecule has 1 amide bonds. The van der Waals surface area contributed by atoms with E-state index in [-0.39, 0.29) is 24.5 Å². The van der Waals surface area contributed by atoms with Crippen LogP contribution in [0.4, 0.5) is 4.79 Å². The molecular formula is C41H43NO7Si. The zero-order valence-electron chi connectivity index (χ0n) is 28.9. The predicted octanol–water partition coefficient (Wildman–Crippen LogP) is 6.44. The first kappa shape index (κ1) is 34.9. The van der Waals surface area contributed by atoms with Gasteiger partial charge in [-0.25, -0.2) is 14.4 Å². The molecule has 50 heavy (non-hydrogen) atoms. The van der Waals surface area contributed by atoms with Gasteiger partial charge in [0, 0.05) is 12.8 Å². The number of esters is 2. The zero-order valence-corrected chi connectivity index (χ0v) is 29.9. The molecule has 1 heterocycles. The van der Waals surface area contributed by atoms with Crippen molar-refractivity contribution in [3.63, 3.8) is 0 Å². The SMILES string of the molecule is COC(=O)[C@@H]1C[C@@]2(OC(=O)c3ccccc3)C=C[C@@H](O[Si](c3ccccc3)(c3ccccc3)C(C)(C)C)C[C@H]2N1C(=O)OCc1ccccc1. The van der Waals surface area contributed by atoms with Crippen LogP contribution in [0.3, 0.4) is 0 Å². The van der Waals surface area contributed by atoms with Crippen molar-refractivity contribution in [2.75, 3.05) is 7.11 Å². The van der Waals surface area contributed by atoms with Crippen LogP contribution in [0.15, 0.2) is 133 Å². The van der Waals surface area contributed by atoms with E-state index in [1.165, 1.54) is 12.0 Å². The maximum Gasteiger partial charge on any atom is 0.411 e. The van der Waals surface area contributed by atoms with E-state index >= 15 is 0 Å². The third-order valence-corrected chi connectivity index (χ3v) is 14.8. The lowest BCUT2D eigenvalue weighted by Gasteiger charge is -2.47. The second-order valence-corrected chi connectivity index (χ2v) is 18.1. The summed E-state index contributed by atoms with van der Waals surface area (Å²) in [7, 11) is -1.75. The quantitative estimate of drug-likeness (QED) is 0.0865. The monoisotopic (exact) mass is 689 g/mol. The van der Waals surface area contributed by atoms with Gasteiger partial charge in [-0.05, 0) is 39.2 Å². The van der Waals surface area contributed by atoms with Crippen LogP contribution in [-0.2, 0) is 30.0 Å². The molecule has 1 aliphatic heterocycles. The number of ether oxygens (including phenoxy) is 3. The van der Waals surface area contributed by atoms with Crippen LogP contribution >= 0.6 is 0 Å². The first-order valence-corrected chi connectivity index (χ1v) is 18.8. The molecule has 0 unspecified atom stereocenters. The molecule has 258 valence electrons. The number of carbonyl (C=O) groups is 3. The highest BCUT2D eigenvalue weighted by molar-refractivity contribution is 6.99. The summed E-state index contributed by atoms with van der Waals surface area (Å²) >= 11 is 0. The minimum absolute atomic E-state index is 0.00538. The molecule has 0 N–H and O–H groups in total. The van der Waals surface area contributed by atoms with Crippen molar-refractivity contribution < 1.29 is 33.0 Å². The Kier molecular flexibility index (Phi) is 10.1. The fourth-order valence-electron chi connectivity index (χ4n) is 7.39. The summed E-state index contributed by atoms with van der Waals surface area (Å²) in [6.45, 7) is 6.61. The molecule has 0 radical (unpaired) electrons. The van der Waals surface area contributed by atoms with E-state index in [0.717, 1.165) is 15.9 Å². The molecule has 9 heteroatoms. The fraction of sp³-hybridized carbons (Fsp3) is 0.293. The van der Waals surface area contributed by atoms with E-state index in [4.69, 9.17) is 18.6 Å². The number of nitrogens with zero attached hydrogens (tertiary/aromatic N) is 1. The number of benzene rings is 4. The number of likely N-dealkylation sites (tertiary alicyclic amines) is 1. The topological polar surface area (TPSA) is 91.4 Å². The highest BCUT2D eigenvalue weighted by Crippen LogP contribution is 2.46. The van der Waals surface area contributed by atoms with Crippen LogP contribution in [0, 0.1) is 0 Å². The molecule has 0 aromatic heterocycles. The molecule has 1 aliphatic carbocycles. The smallest absolute Gasteiger partial charge is 0.411 e. The van der Waals surface area contributed by atoms with Crippen LogP contribution in [0.25, 0.3) is 0 Å². The lowest BCUT2D eigenvalue weighted by molar-refractivity contribution is -0.146. The molecule has 4 atom stereocenters. The average Bonchev–Trinajstić information content (AvgIpc) is 3.47. The largest absolute Gasteiger partial charge is 0.467 e. The number of fused-ring (bicyclic) bond motifs is 1. The standard InChI is InChI=1S/C41H43NO7Si/c1-40(2,3)50(33-21-13-7-14-22-33,34-23-15-8-16-24-34)49-32-25-26-41(48-37(43)31-19-11-6-12-20-31)28-35(38(44)46-4)42(36(41)27-32)39(45)47-29-30-17-9-5-10-18-30/h5-26,32,35-36H,27-29H2,1-4H3/t32-,35+,36-,41+/m1/s1. The zero-order chi connectivity index (χ0) is 35.4. The van der Waals surface area contributed by atoms with Crippen LogP contribution in [0.2, 0.25) is 5.04 Å². The number of amides is 1. The van der Waals surface area contributed by atoms with Gasteiger partial charge >= 0.3 is 18.0 Å². The van der Waals surface area contributed by atoms with E-state index < -0.39 is 50.1 Å². The Bertz CT molecular complexity index is 1770. The Labute approximate surface area is 294 Å². The summed E-state index contributed by atoms with van der Waals surface area (Å²) in [5.41, 5.74) is -0.185. The second-order valence-electron chi connectivity index (χ2n) is 13.8. The summed E-state index contributed by atoms with van der Waals surface area (Å²) in [5, 5.41) is 1.91. The minimum atomic E-state index is -3.03. The number of hydrogen-bond donors (Lipinski definition) is 0. The Morgan fingerprint density at radius 1 is 0.800 bits per heavy atom. The number of hydrogen-bond acceptors (Lipinski definition) is 7. The Morgan fingerprint density at radius 2 is 1.34 bits per heavy atom. The van der Waals surface area contributed by atoms with Crippen LogP contribution in [-0.4, -0.2) is 62.1 Å². The van der Waals surface area contributed by atoms with Gasteiger partial charge in [0.05, 0.1) is 24.8 Å². The molecule has 0 saturated carbocycles. The van der Waals surface area contributed by atoms with Crippen molar-refractivity contribution in [1.82, 2.24) is 4.90 Å². The van der Waals surface area contributed by atoms with Crippen molar-refractivity contribution in [3.8, 4) is 0 Å². The van der Waals surface area contributed by atoms with E-state index in [2.05, 4.69) is 45.0 Å². The van der Waals surface area contributed by atoms with Crippen molar-refractivity contribution >= 4 is 36.7 Å². The van der Waals surface area contributed by atoms with Gasteiger partial charge in [0.25, 0.3) is 8.32 Å². The highest BCUT2D eigenvalue weighted by Gasteiger charge is 2.61. The van der Waals surface area contributed by atoms with Gasteiger partial charge in [-0.2, -0.15) is 0 Å². The van der Waals surface area contributed by atoms with Crippen molar-refractivity contribution in [2.45, 2.75) is 69.0 Å². The molecule has 8 nitrogen and oxygen atoms in total. The van der Waals surface area contributed by atoms with Gasteiger partial charge in [0.2, 0.25) is 0 Å². The fourth-order valence-corrected chi connectivity index (χ4v) is 12.0. The molecule has 0 spiro atoms. The molecule has 1 saturated heterocycles. The third kappa shape index (κ3) is 6.75. The van der Waals surface area contributed by atoms with E-state index in [1.54, 1.807) is 24.3 Å². The highest BCUT2D eigenvalue weighted by atomic mass is 28.4. The molecule has 2 aliphatic rings. The number of carbonyl (C=O) groups excluding carboxylic acids is 3. The summed E-state index contributed by atoms with van der Waals surface area (Å²) in [6, 6.07) is 36.8. The molecule has 4 aromatic carbocycles. The molecule has 6 rings (SSSR count). The molecule has 1 fully saturated rings. The van der Waals surface area contributed by atoms with E-state index in [9.17, 15) is 14.4 Å². The maximum absolute atomic E-state index is 14.1. The summed E-state index contributed by atoms with van der Waals surface area (Å²) in [5.74, 6) is -1.18. The first-order valence-electron chi connectivity index (χ1n) is 16.9.